The number of likely N-dealkylation sites (N-methyl/N-ethyl adjacent to an activating group) is 1. The van der Waals surface area contributed by atoms with E-state index in [1.165, 1.54) is 5.56 Å². The number of hydrogen-bond acceptors (Lipinski definition) is 3. The van der Waals surface area contributed by atoms with E-state index in [1.54, 1.807) is 11.2 Å². The molecule has 0 aliphatic carbocycles. The Morgan fingerprint density at radius 3 is 2.34 bits per heavy atom. The third kappa shape index (κ3) is 7.91. The van der Waals surface area contributed by atoms with Gasteiger partial charge in [-0.3, -0.25) is 4.79 Å². The maximum absolute atomic E-state index is 13.0. The molecule has 4 rings (SSSR count). The van der Waals surface area contributed by atoms with Crippen LogP contribution in [-0.2, 0) is 11.2 Å². The van der Waals surface area contributed by atoms with Crippen LogP contribution in [0, 0.1) is 0 Å². The second kappa shape index (κ2) is 14.6. The SMILES string of the molecule is CN(CC(CCN1CCC(c2ccccc2[S+](C)[O-])CC1)c1ccc(Cl)c(Cl)c1)C(=O)c1ccccc1.Cl. The summed E-state index contributed by atoms with van der Waals surface area (Å²) in [4.78, 5) is 18.3. The van der Waals surface area contributed by atoms with E-state index in [0.717, 1.165) is 49.4 Å². The summed E-state index contributed by atoms with van der Waals surface area (Å²) < 4.78 is 12.2. The van der Waals surface area contributed by atoms with Crippen molar-refractivity contribution in [2.75, 3.05) is 39.5 Å². The molecular weight excluding hydrogens is 559 g/mol. The summed E-state index contributed by atoms with van der Waals surface area (Å²) in [6.07, 6.45) is 4.78. The van der Waals surface area contributed by atoms with Crippen molar-refractivity contribution in [3.8, 4) is 0 Å². The molecule has 1 saturated heterocycles. The number of carbonyl (C=O) groups excluding carboxylic acids is 1. The first-order valence-electron chi connectivity index (χ1n) is 12.7. The van der Waals surface area contributed by atoms with Gasteiger partial charge in [0.15, 0.2) is 4.90 Å². The van der Waals surface area contributed by atoms with Crippen LogP contribution in [0.5, 0.6) is 0 Å². The highest BCUT2D eigenvalue weighted by Gasteiger charge is 2.26. The van der Waals surface area contributed by atoms with Gasteiger partial charge in [0.1, 0.15) is 6.26 Å². The first-order chi connectivity index (χ1) is 17.8. The van der Waals surface area contributed by atoms with Crippen LogP contribution in [0.3, 0.4) is 0 Å². The minimum absolute atomic E-state index is 0. The Hall–Kier alpha value is -1.73. The number of likely N-dealkylation sites (tertiary alicyclic amines) is 1. The number of piperidine rings is 1. The van der Waals surface area contributed by atoms with Crippen LogP contribution in [0.1, 0.15) is 52.6 Å². The summed E-state index contributed by atoms with van der Waals surface area (Å²) in [6, 6.07) is 23.3. The van der Waals surface area contributed by atoms with E-state index in [9.17, 15) is 9.35 Å². The van der Waals surface area contributed by atoms with E-state index >= 15 is 0 Å². The Morgan fingerprint density at radius 1 is 1.03 bits per heavy atom. The van der Waals surface area contributed by atoms with Gasteiger partial charge in [-0.25, -0.2) is 0 Å². The zero-order valence-corrected chi connectivity index (χ0v) is 25.0. The molecular formula is C30H35Cl3N2O2S. The van der Waals surface area contributed by atoms with Crippen LogP contribution in [0.4, 0.5) is 0 Å². The number of rotatable bonds is 9. The molecule has 1 aliphatic rings. The first kappa shape index (κ1) is 30.8. The van der Waals surface area contributed by atoms with Crippen LogP contribution >= 0.6 is 35.6 Å². The van der Waals surface area contributed by atoms with Gasteiger partial charge in [0.2, 0.25) is 0 Å². The summed E-state index contributed by atoms with van der Waals surface area (Å²) in [7, 11) is 1.86. The van der Waals surface area contributed by atoms with Crippen LogP contribution in [-0.4, -0.2) is 59.7 Å². The third-order valence-corrected chi connectivity index (χ3v) is 9.06. The summed E-state index contributed by atoms with van der Waals surface area (Å²) in [5.41, 5.74) is 3.02. The molecule has 204 valence electrons. The molecule has 38 heavy (non-hydrogen) atoms. The van der Waals surface area contributed by atoms with Gasteiger partial charge in [0.05, 0.1) is 10.0 Å². The zero-order chi connectivity index (χ0) is 26.4. The standard InChI is InChI=1S/C30H34Cl2N2O2S.ClH/c1-33(30(35)23-8-4-3-5-9-23)21-25(24-12-13-27(31)28(32)20-24)16-19-34-17-14-22(15-18-34)26-10-6-7-11-29(26)37(2)36;/h3-13,20,22,25H,14-19,21H2,1-2H3;1H. The Balaban J connectivity index is 0.00000400. The molecule has 1 fully saturated rings. The van der Waals surface area contributed by atoms with Gasteiger partial charge in [-0.05, 0) is 91.9 Å². The average molecular weight is 594 g/mol. The summed E-state index contributed by atoms with van der Waals surface area (Å²) >= 11 is 11.6. The van der Waals surface area contributed by atoms with Crippen molar-refractivity contribution in [1.82, 2.24) is 9.80 Å². The van der Waals surface area contributed by atoms with Crippen molar-refractivity contribution in [3.05, 3.63) is 99.5 Å². The van der Waals surface area contributed by atoms with E-state index in [2.05, 4.69) is 11.0 Å². The van der Waals surface area contributed by atoms with E-state index < -0.39 is 11.2 Å². The lowest BCUT2D eigenvalue weighted by Gasteiger charge is -2.34. The van der Waals surface area contributed by atoms with Crippen molar-refractivity contribution in [1.29, 1.82) is 0 Å². The molecule has 2 atom stereocenters. The Labute approximate surface area is 245 Å². The zero-order valence-electron chi connectivity index (χ0n) is 21.8. The van der Waals surface area contributed by atoms with Crippen LogP contribution in [0.15, 0.2) is 77.7 Å². The van der Waals surface area contributed by atoms with Crippen molar-refractivity contribution in [3.63, 3.8) is 0 Å². The van der Waals surface area contributed by atoms with Crippen molar-refractivity contribution in [2.24, 2.45) is 0 Å². The van der Waals surface area contributed by atoms with Crippen molar-refractivity contribution >= 4 is 52.7 Å². The van der Waals surface area contributed by atoms with E-state index in [1.807, 2.05) is 73.8 Å². The molecule has 8 heteroatoms. The highest BCUT2D eigenvalue weighted by molar-refractivity contribution is 7.90. The lowest BCUT2D eigenvalue weighted by atomic mass is 9.88. The molecule has 1 aliphatic heterocycles. The lowest BCUT2D eigenvalue weighted by Crippen LogP contribution is -2.36. The molecule has 2 unspecified atom stereocenters. The minimum atomic E-state index is -0.975. The maximum Gasteiger partial charge on any atom is 0.253 e. The highest BCUT2D eigenvalue weighted by Crippen LogP contribution is 2.34. The third-order valence-electron chi connectivity index (χ3n) is 7.33. The molecule has 3 aromatic rings. The summed E-state index contributed by atoms with van der Waals surface area (Å²) in [6.45, 7) is 3.54. The summed E-state index contributed by atoms with van der Waals surface area (Å²) in [5, 5.41) is 1.07. The second-order valence-electron chi connectivity index (χ2n) is 9.82. The quantitative estimate of drug-likeness (QED) is 0.245. The minimum Gasteiger partial charge on any atom is -0.612 e. The lowest BCUT2D eigenvalue weighted by molar-refractivity contribution is 0.0781. The molecule has 0 N–H and O–H groups in total. The van der Waals surface area contributed by atoms with Gasteiger partial charge in [0.25, 0.3) is 5.91 Å². The molecule has 0 aromatic heterocycles. The van der Waals surface area contributed by atoms with Gasteiger partial charge in [-0.15, -0.1) is 12.4 Å². The number of benzene rings is 3. The smallest absolute Gasteiger partial charge is 0.253 e. The molecule has 1 amide bonds. The average Bonchev–Trinajstić information content (AvgIpc) is 2.92. The monoisotopic (exact) mass is 592 g/mol. The van der Waals surface area contributed by atoms with Gasteiger partial charge in [-0.2, -0.15) is 0 Å². The Morgan fingerprint density at radius 2 is 1.68 bits per heavy atom. The fourth-order valence-electron chi connectivity index (χ4n) is 5.23. The van der Waals surface area contributed by atoms with E-state index in [4.69, 9.17) is 23.2 Å². The predicted molar refractivity (Wildman–Crippen MR) is 162 cm³/mol. The number of nitrogens with zero attached hydrogens (tertiary/aromatic N) is 2. The normalized spacial score (nSPS) is 15.9. The van der Waals surface area contributed by atoms with Crippen molar-refractivity contribution in [2.45, 2.75) is 36.0 Å². The molecule has 3 aromatic carbocycles. The highest BCUT2D eigenvalue weighted by atomic mass is 35.5. The Kier molecular flexibility index (Phi) is 11.8. The Bertz CT molecular complexity index is 1190. The van der Waals surface area contributed by atoms with E-state index in [-0.39, 0.29) is 24.2 Å². The van der Waals surface area contributed by atoms with Crippen LogP contribution in [0.2, 0.25) is 10.0 Å². The number of halogens is 3. The van der Waals surface area contributed by atoms with Gasteiger partial charge < -0.3 is 14.4 Å². The molecule has 0 radical (unpaired) electrons. The van der Waals surface area contributed by atoms with E-state index in [0.29, 0.717) is 28.1 Å². The fraction of sp³-hybridized carbons (Fsp3) is 0.367. The van der Waals surface area contributed by atoms with Crippen LogP contribution in [0.25, 0.3) is 0 Å². The van der Waals surface area contributed by atoms with Gasteiger partial charge >= 0.3 is 0 Å². The predicted octanol–water partition coefficient (Wildman–Crippen LogP) is 7.28. The number of carbonyl (C=O) groups is 1. The molecule has 4 nitrogen and oxygen atoms in total. The van der Waals surface area contributed by atoms with Gasteiger partial charge in [-0.1, -0.05) is 65.7 Å². The number of hydrogen-bond donors (Lipinski definition) is 0. The maximum atomic E-state index is 13.0. The van der Waals surface area contributed by atoms with Crippen molar-refractivity contribution < 1.29 is 9.35 Å². The topological polar surface area (TPSA) is 46.6 Å². The number of amides is 1. The van der Waals surface area contributed by atoms with Gasteiger partial charge in [0, 0.05) is 30.6 Å². The summed E-state index contributed by atoms with van der Waals surface area (Å²) in [5.74, 6) is 0.587. The first-order valence-corrected chi connectivity index (χ1v) is 15.0. The molecule has 0 spiro atoms. The molecule has 0 saturated carbocycles. The second-order valence-corrected chi connectivity index (χ2v) is 12.0. The fourth-order valence-corrected chi connectivity index (χ4v) is 6.37. The molecule has 0 bridgehead atoms. The van der Waals surface area contributed by atoms with Crippen LogP contribution < -0.4 is 0 Å². The largest absolute Gasteiger partial charge is 0.612 e. The molecule has 1 heterocycles.